The molecule has 0 saturated carbocycles. The fourth-order valence-electron chi connectivity index (χ4n) is 1.87. The lowest BCUT2D eigenvalue weighted by Gasteiger charge is -2.26. The lowest BCUT2D eigenvalue weighted by atomic mass is 9.89. The van der Waals surface area contributed by atoms with E-state index >= 15 is 0 Å². The number of para-hydroxylation sites is 1. The third-order valence-corrected chi connectivity index (χ3v) is 3.50. The van der Waals surface area contributed by atoms with Gasteiger partial charge in [-0.1, -0.05) is 18.2 Å². The van der Waals surface area contributed by atoms with E-state index in [4.69, 9.17) is 10.5 Å². The Morgan fingerprint density at radius 1 is 1.41 bits per heavy atom. The van der Waals surface area contributed by atoms with Crippen LogP contribution in [0.15, 0.2) is 35.8 Å². The number of rotatable bonds is 4. The van der Waals surface area contributed by atoms with Gasteiger partial charge in [-0.15, -0.1) is 11.3 Å². The van der Waals surface area contributed by atoms with Crippen molar-refractivity contribution in [3.63, 3.8) is 0 Å². The first kappa shape index (κ1) is 12.1. The van der Waals surface area contributed by atoms with Crippen molar-refractivity contribution in [3.05, 3.63) is 46.4 Å². The highest BCUT2D eigenvalue weighted by atomic mass is 32.1. The summed E-state index contributed by atoms with van der Waals surface area (Å²) in [7, 11) is 1.66. The normalized spacial score (nSPS) is 14.3. The van der Waals surface area contributed by atoms with Gasteiger partial charge in [-0.05, 0) is 13.0 Å². The fourth-order valence-corrected chi connectivity index (χ4v) is 2.65. The first-order valence-electron chi connectivity index (χ1n) is 5.44. The smallest absolute Gasteiger partial charge is 0.123 e. The molecule has 1 atom stereocenters. The van der Waals surface area contributed by atoms with Crippen LogP contribution in [0.4, 0.5) is 0 Å². The molecule has 2 N–H and O–H groups in total. The Morgan fingerprint density at radius 3 is 2.82 bits per heavy atom. The van der Waals surface area contributed by atoms with Gasteiger partial charge in [0.25, 0.3) is 0 Å². The molecule has 1 unspecified atom stereocenters. The average molecular weight is 248 g/mol. The van der Waals surface area contributed by atoms with Gasteiger partial charge in [0.2, 0.25) is 0 Å². The van der Waals surface area contributed by atoms with Gasteiger partial charge in [0.15, 0.2) is 0 Å². The summed E-state index contributed by atoms with van der Waals surface area (Å²) in [6, 6.07) is 7.86. The van der Waals surface area contributed by atoms with Gasteiger partial charge in [0.05, 0.1) is 12.1 Å². The summed E-state index contributed by atoms with van der Waals surface area (Å²) in [5, 5.41) is 3.01. The molecule has 0 aliphatic carbocycles. The zero-order valence-corrected chi connectivity index (χ0v) is 10.8. The lowest BCUT2D eigenvalue weighted by molar-refractivity contribution is 0.386. The second kappa shape index (κ2) is 4.85. The molecule has 1 heterocycles. The molecule has 0 aliphatic heterocycles. The van der Waals surface area contributed by atoms with Crippen molar-refractivity contribution in [2.75, 3.05) is 7.11 Å². The Labute approximate surface area is 105 Å². The topological polar surface area (TPSA) is 48.1 Å². The van der Waals surface area contributed by atoms with Gasteiger partial charge >= 0.3 is 0 Å². The Bertz CT molecular complexity index is 480. The molecule has 0 saturated heterocycles. The number of ether oxygens (including phenoxy) is 1. The highest BCUT2D eigenvalue weighted by Crippen LogP contribution is 2.30. The SMILES string of the molecule is COc1ccccc1C(C)(N)Cc1nccs1. The summed E-state index contributed by atoms with van der Waals surface area (Å²) in [6.45, 7) is 2.01. The molecular weight excluding hydrogens is 232 g/mol. The standard InChI is InChI=1S/C13H16N2OS/c1-13(14,9-12-15-7-8-17-12)10-5-3-4-6-11(10)16-2/h3-8H,9,14H2,1-2H3. The highest BCUT2D eigenvalue weighted by molar-refractivity contribution is 7.09. The molecule has 0 bridgehead atoms. The van der Waals surface area contributed by atoms with Gasteiger partial charge in [0.1, 0.15) is 5.75 Å². The van der Waals surface area contributed by atoms with Crippen molar-refractivity contribution in [2.45, 2.75) is 18.9 Å². The molecule has 0 aliphatic rings. The van der Waals surface area contributed by atoms with Gasteiger partial charge < -0.3 is 10.5 Å². The number of aromatic nitrogens is 1. The molecule has 2 aromatic rings. The van der Waals surface area contributed by atoms with Crippen LogP contribution in [-0.4, -0.2) is 12.1 Å². The molecule has 2 rings (SSSR count). The molecular formula is C13H16N2OS. The summed E-state index contributed by atoms with van der Waals surface area (Å²) in [5.41, 5.74) is 6.94. The van der Waals surface area contributed by atoms with Crippen molar-refractivity contribution in [2.24, 2.45) is 5.73 Å². The maximum Gasteiger partial charge on any atom is 0.123 e. The molecule has 17 heavy (non-hydrogen) atoms. The zero-order chi connectivity index (χ0) is 12.3. The van der Waals surface area contributed by atoms with Crippen LogP contribution in [0.5, 0.6) is 5.75 Å². The number of thiazole rings is 1. The molecule has 1 aromatic carbocycles. The Kier molecular flexibility index (Phi) is 3.45. The molecule has 0 spiro atoms. The Balaban J connectivity index is 2.30. The average Bonchev–Trinajstić information content (AvgIpc) is 2.81. The number of hydrogen-bond donors (Lipinski definition) is 1. The van der Waals surface area contributed by atoms with E-state index in [-0.39, 0.29) is 0 Å². The van der Waals surface area contributed by atoms with Gasteiger partial charge in [-0.2, -0.15) is 0 Å². The van der Waals surface area contributed by atoms with Crippen LogP contribution in [0.2, 0.25) is 0 Å². The number of hydrogen-bond acceptors (Lipinski definition) is 4. The van der Waals surface area contributed by atoms with Gasteiger partial charge in [-0.3, -0.25) is 0 Å². The van der Waals surface area contributed by atoms with E-state index in [1.165, 1.54) is 0 Å². The van der Waals surface area contributed by atoms with E-state index in [2.05, 4.69) is 4.98 Å². The van der Waals surface area contributed by atoms with E-state index in [9.17, 15) is 0 Å². The molecule has 0 radical (unpaired) electrons. The number of benzene rings is 1. The zero-order valence-electron chi connectivity index (χ0n) is 10.0. The van der Waals surface area contributed by atoms with Crippen molar-refractivity contribution < 1.29 is 4.74 Å². The van der Waals surface area contributed by atoms with E-state index in [1.807, 2.05) is 36.6 Å². The third kappa shape index (κ3) is 2.65. The van der Waals surface area contributed by atoms with Crippen LogP contribution in [0.1, 0.15) is 17.5 Å². The molecule has 3 nitrogen and oxygen atoms in total. The van der Waals surface area contributed by atoms with Crippen LogP contribution in [0, 0.1) is 0 Å². The number of methoxy groups -OCH3 is 1. The van der Waals surface area contributed by atoms with E-state index in [0.717, 1.165) is 16.3 Å². The monoisotopic (exact) mass is 248 g/mol. The minimum absolute atomic E-state index is 0.468. The predicted octanol–water partition coefficient (Wildman–Crippen LogP) is 2.57. The second-order valence-corrected chi connectivity index (χ2v) is 5.20. The first-order valence-corrected chi connectivity index (χ1v) is 6.32. The fraction of sp³-hybridized carbons (Fsp3) is 0.308. The third-order valence-electron chi connectivity index (χ3n) is 2.72. The van der Waals surface area contributed by atoms with Crippen molar-refractivity contribution >= 4 is 11.3 Å². The van der Waals surface area contributed by atoms with E-state index < -0.39 is 5.54 Å². The van der Waals surface area contributed by atoms with Crippen LogP contribution in [-0.2, 0) is 12.0 Å². The maximum absolute atomic E-state index is 6.39. The molecule has 0 fully saturated rings. The minimum Gasteiger partial charge on any atom is -0.496 e. The number of nitrogens with zero attached hydrogens (tertiary/aromatic N) is 1. The van der Waals surface area contributed by atoms with Crippen LogP contribution in [0.3, 0.4) is 0 Å². The van der Waals surface area contributed by atoms with Gasteiger partial charge in [-0.25, -0.2) is 4.98 Å². The Morgan fingerprint density at radius 2 is 2.18 bits per heavy atom. The van der Waals surface area contributed by atoms with E-state index in [0.29, 0.717) is 6.42 Å². The van der Waals surface area contributed by atoms with Crippen molar-refractivity contribution in [1.29, 1.82) is 0 Å². The summed E-state index contributed by atoms with van der Waals surface area (Å²) in [4.78, 5) is 4.28. The molecule has 1 aromatic heterocycles. The molecule has 4 heteroatoms. The van der Waals surface area contributed by atoms with Crippen molar-refractivity contribution in [1.82, 2.24) is 4.98 Å². The second-order valence-electron chi connectivity index (χ2n) is 4.22. The minimum atomic E-state index is -0.468. The Hall–Kier alpha value is -1.39. The maximum atomic E-state index is 6.39. The first-order chi connectivity index (χ1) is 8.13. The number of nitrogens with two attached hydrogens (primary N) is 1. The van der Waals surface area contributed by atoms with Crippen LogP contribution < -0.4 is 10.5 Å². The highest BCUT2D eigenvalue weighted by Gasteiger charge is 2.26. The predicted molar refractivity (Wildman–Crippen MR) is 70.4 cm³/mol. The van der Waals surface area contributed by atoms with Crippen LogP contribution in [0.25, 0.3) is 0 Å². The summed E-state index contributed by atoms with van der Waals surface area (Å²) >= 11 is 1.63. The summed E-state index contributed by atoms with van der Waals surface area (Å²) < 4.78 is 5.35. The summed E-state index contributed by atoms with van der Waals surface area (Å²) in [6.07, 6.45) is 2.52. The van der Waals surface area contributed by atoms with E-state index in [1.54, 1.807) is 24.6 Å². The lowest BCUT2D eigenvalue weighted by Crippen LogP contribution is -2.35. The quantitative estimate of drug-likeness (QED) is 0.904. The molecule has 0 amide bonds. The van der Waals surface area contributed by atoms with Gasteiger partial charge in [0, 0.05) is 29.1 Å². The largest absolute Gasteiger partial charge is 0.496 e. The molecule has 90 valence electrons. The van der Waals surface area contributed by atoms with Crippen molar-refractivity contribution in [3.8, 4) is 5.75 Å². The summed E-state index contributed by atoms with van der Waals surface area (Å²) in [5.74, 6) is 0.828. The van der Waals surface area contributed by atoms with Crippen LogP contribution >= 0.6 is 11.3 Å².